The Morgan fingerprint density at radius 1 is 1.47 bits per heavy atom. The van der Waals surface area contributed by atoms with E-state index >= 15 is 0 Å². The average Bonchev–Trinajstić information content (AvgIpc) is 2.55. The fraction of sp³-hybridized carbons (Fsp3) is 0.182. The van der Waals surface area contributed by atoms with Gasteiger partial charge in [-0.3, -0.25) is 0 Å². The number of aromatic carboxylic acids is 1. The van der Waals surface area contributed by atoms with E-state index in [0.717, 1.165) is 0 Å². The molecule has 1 heterocycles. The van der Waals surface area contributed by atoms with Crippen LogP contribution in [0.4, 0.5) is 4.39 Å². The summed E-state index contributed by atoms with van der Waals surface area (Å²) in [5.74, 6) is -1.62. The molecule has 0 aliphatic carbocycles. The van der Waals surface area contributed by atoms with Crippen LogP contribution in [-0.2, 0) is 6.54 Å². The first-order valence-corrected chi connectivity index (χ1v) is 4.63. The summed E-state index contributed by atoms with van der Waals surface area (Å²) in [4.78, 5) is 10.8. The van der Waals surface area contributed by atoms with Crippen LogP contribution < -0.4 is 5.11 Å². The molecule has 0 N–H and O–H groups in total. The van der Waals surface area contributed by atoms with Crippen molar-refractivity contribution in [2.45, 2.75) is 13.5 Å². The lowest BCUT2D eigenvalue weighted by atomic mass is 10.2. The van der Waals surface area contributed by atoms with Gasteiger partial charge in [0.2, 0.25) is 0 Å². The number of aryl methyl sites for hydroxylation is 1. The highest BCUT2D eigenvalue weighted by Crippen LogP contribution is 2.20. The van der Waals surface area contributed by atoms with Gasteiger partial charge in [0, 0.05) is 17.4 Å². The standard InChI is InChI=1S/C11H10FNO2/c1-2-13-9-4-3-8(12)5-7(9)6-10(13)11(14)15/h3-6H,2H2,1H3,(H,14,15)/p-1. The Labute approximate surface area is 85.7 Å². The lowest BCUT2D eigenvalue weighted by Gasteiger charge is -2.07. The molecule has 0 aliphatic heterocycles. The lowest BCUT2D eigenvalue weighted by Crippen LogP contribution is -2.25. The van der Waals surface area contributed by atoms with Crippen molar-refractivity contribution < 1.29 is 14.3 Å². The molecule has 4 heteroatoms. The number of hydrogen-bond acceptors (Lipinski definition) is 2. The van der Waals surface area contributed by atoms with E-state index < -0.39 is 5.97 Å². The summed E-state index contributed by atoms with van der Waals surface area (Å²) in [5, 5.41) is 11.4. The van der Waals surface area contributed by atoms with Gasteiger partial charge < -0.3 is 14.5 Å². The second-order valence-electron chi connectivity index (χ2n) is 3.26. The Bertz CT molecular complexity index is 531. The molecule has 2 aromatic rings. The fourth-order valence-corrected chi connectivity index (χ4v) is 1.75. The number of aromatic nitrogens is 1. The van der Waals surface area contributed by atoms with Crippen LogP contribution in [0.25, 0.3) is 10.9 Å². The zero-order valence-corrected chi connectivity index (χ0v) is 8.16. The second kappa shape index (κ2) is 3.38. The first kappa shape index (κ1) is 9.71. The number of benzene rings is 1. The molecule has 0 bridgehead atoms. The van der Waals surface area contributed by atoms with E-state index in [-0.39, 0.29) is 11.5 Å². The largest absolute Gasteiger partial charge is 0.543 e. The zero-order valence-electron chi connectivity index (χ0n) is 8.16. The molecule has 0 radical (unpaired) electrons. The number of carboxylic acids is 1. The fourth-order valence-electron chi connectivity index (χ4n) is 1.75. The lowest BCUT2D eigenvalue weighted by molar-refractivity contribution is -0.255. The van der Waals surface area contributed by atoms with Gasteiger partial charge >= 0.3 is 0 Å². The van der Waals surface area contributed by atoms with Gasteiger partial charge in [0.15, 0.2) is 0 Å². The predicted octanol–water partition coefficient (Wildman–Crippen LogP) is 1.16. The molecule has 1 aromatic carbocycles. The first-order valence-electron chi connectivity index (χ1n) is 4.63. The molecule has 0 saturated heterocycles. The van der Waals surface area contributed by atoms with E-state index in [0.29, 0.717) is 17.4 Å². The van der Waals surface area contributed by atoms with E-state index in [9.17, 15) is 14.3 Å². The maximum atomic E-state index is 12.9. The highest BCUT2D eigenvalue weighted by atomic mass is 19.1. The molecule has 15 heavy (non-hydrogen) atoms. The molecule has 0 amide bonds. The Hall–Kier alpha value is -1.84. The first-order chi connectivity index (χ1) is 7.13. The predicted molar refractivity (Wildman–Crippen MR) is 51.9 cm³/mol. The molecule has 2 rings (SSSR count). The van der Waals surface area contributed by atoms with Crippen LogP contribution >= 0.6 is 0 Å². The number of fused-ring (bicyclic) bond motifs is 1. The van der Waals surface area contributed by atoms with Gasteiger partial charge in [-0.15, -0.1) is 0 Å². The molecular weight excluding hydrogens is 197 g/mol. The minimum absolute atomic E-state index is 0.0816. The smallest absolute Gasteiger partial charge is 0.123 e. The number of carbonyl (C=O) groups excluding carboxylic acids is 1. The summed E-state index contributed by atoms with van der Waals surface area (Å²) in [5.41, 5.74) is 0.788. The third kappa shape index (κ3) is 1.48. The van der Waals surface area contributed by atoms with Gasteiger partial charge in [-0.1, -0.05) is 0 Å². The Balaban J connectivity index is 2.78. The molecule has 0 unspecified atom stereocenters. The number of halogens is 1. The highest BCUT2D eigenvalue weighted by molar-refractivity contribution is 5.93. The normalized spacial score (nSPS) is 10.8. The number of rotatable bonds is 2. The van der Waals surface area contributed by atoms with E-state index in [1.807, 2.05) is 6.92 Å². The summed E-state index contributed by atoms with van der Waals surface area (Å²) in [7, 11) is 0. The Kier molecular flexibility index (Phi) is 2.19. The topological polar surface area (TPSA) is 45.1 Å². The molecule has 0 spiro atoms. The molecular formula is C11H9FNO2-. The number of carbonyl (C=O) groups is 1. The molecule has 0 fully saturated rings. The maximum absolute atomic E-state index is 12.9. The van der Waals surface area contributed by atoms with Crippen molar-refractivity contribution in [2.75, 3.05) is 0 Å². The average molecular weight is 206 g/mol. The third-order valence-electron chi connectivity index (χ3n) is 2.39. The van der Waals surface area contributed by atoms with Crippen molar-refractivity contribution in [3.63, 3.8) is 0 Å². The highest BCUT2D eigenvalue weighted by Gasteiger charge is 2.08. The van der Waals surface area contributed by atoms with Crippen molar-refractivity contribution >= 4 is 16.9 Å². The number of carboxylic acid groups (broad SMARTS) is 1. The number of hydrogen-bond donors (Lipinski definition) is 0. The van der Waals surface area contributed by atoms with Crippen LogP contribution in [0.2, 0.25) is 0 Å². The van der Waals surface area contributed by atoms with Crippen molar-refractivity contribution in [2.24, 2.45) is 0 Å². The van der Waals surface area contributed by atoms with Gasteiger partial charge in [-0.2, -0.15) is 0 Å². The van der Waals surface area contributed by atoms with Crippen molar-refractivity contribution in [1.29, 1.82) is 0 Å². The molecule has 1 aromatic heterocycles. The summed E-state index contributed by atoms with van der Waals surface area (Å²) in [6.45, 7) is 2.34. The van der Waals surface area contributed by atoms with Crippen LogP contribution in [0.3, 0.4) is 0 Å². The van der Waals surface area contributed by atoms with E-state index in [1.54, 1.807) is 10.6 Å². The van der Waals surface area contributed by atoms with Crippen LogP contribution in [-0.4, -0.2) is 10.5 Å². The molecule has 0 atom stereocenters. The van der Waals surface area contributed by atoms with Crippen LogP contribution in [0.1, 0.15) is 17.4 Å². The van der Waals surface area contributed by atoms with E-state index in [2.05, 4.69) is 0 Å². The van der Waals surface area contributed by atoms with E-state index in [1.165, 1.54) is 18.2 Å². The van der Waals surface area contributed by atoms with E-state index in [4.69, 9.17) is 0 Å². The Morgan fingerprint density at radius 3 is 2.80 bits per heavy atom. The van der Waals surface area contributed by atoms with Gasteiger partial charge in [-0.25, -0.2) is 4.39 Å². The van der Waals surface area contributed by atoms with Gasteiger partial charge in [0.1, 0.15) is 5.82 Å². The Morgan fingerprint density at radius 2 is 2.20 bits per heavy atom. The van der Waals surface area contributed by atoms with Gasteiger partial charge in [-0.05, 0) is 31.2 Å². The monoisotopic (exact) mass is 206 g/mol. The molecule has 78 valence electrons. The molecule has 0 saturated carbocycles. The minimum atomic E-state index is -1.24. The van der Waals surface area contributed by atoms with Crippen molar-refractivity contribution in [3.8, 4) is 0 Å². The van der Waals surface area contributed by atoms with Gasteiger partial charge in [0.25, 0.3) is 0 Å². The zero-order chi connectivity index (χ0) is 11.0. The summed E-state index contributed by atoms with van der Waals surface area (Å²) in [6.07, 6.45) is 0. The molecule has 0 aliphatic rings. The number of nitrogens with zero attached hydrogens (tertiary/aromatic N) is 1. The summed E-state index contributed by atoms with van der Waals surface area (Å²) in [6, 6.07) is 5.62. The third-order valence-corrected chi connectivity index (χ3v) is 2.39. The van der Waals surface area contributed by atoms with Crippen molar-refractivity contribution in [1.82, 2.24) is 4.57 Å². The quantitative estimate of drug-likeness (QED) is 0.740. The molecule has 3 nitrogen and oxygen atoms in total. The second-order valence-corrected chi connectivity index (χ2v) is 3.26. The van der Waals surface area contributed by atoms with Gasteiger partial charge in [0.05, 0.1) is 11.7 Å². The SMILES string of the molecule is CCn1c(C(=O)[O-])cc2cc(F)ccc21. The maximum Gasteiger partial charge on any atom is 0.123 e. The van der Waals surface area contributed by atoms with Crippen molar-refractivity contribution in [3.05, 3.63) is 35.8 Å². The van der Waals surface area contributed by atoms with Crippen LogP contribution in [0.5, 0.6) is 0 Å². The van der Waals surface area contributed by atoms with Crippen LogP contribution in [0.15, 0.2) is 24.3 Å². The summed E-state index contributed by atoms with van der Waals surface area (Å²) >= 11 is 0. The van der Waals surface area contributed by atoms with Crippen LogP contribution in [0, 0.1) is 5.82 Å². The summed E-state index contributed by atoms with van der Waals surface area (Å²) < 4.78 is 14.5. The minimum Gasteiger partial charge on any atom is -0.543 e.